The first-order valence-electron chi connectivity index (χ1n) is 5.38. The fraction of sp³-hybridized carbons (Fsp3) is 1.00. The summed E-state index contributed by atoms with van der Waals surface area (Å²) < 4.78 is 0. The molecule has 1 fully saturated rings. The van der Waals surface area contributed by atoms with E-state index in [9.17, 15) is 0 Å². The van der Waals surface area contributed by atoms with Crippen LogP contribution in [0.5, 0.6) is 0 Å². The minimum atomic E-state index is 0.730. The molecule has 1 heterocycles. The van der Waals surface area contributed by atoms with Gasteiger partial charge in [-0.05, 0) is 32.4 Å². The van der Waals surface area contributed by atoms with E-state index in [4.69, 9.17) is 5.73 Å². The van der Waals surface area contributed by atoms with Crippen molar-refractivity contribution in [3.05, 3.63) is 0 Å². The second-order valence-corrected chi connectivity index (χ2v) is 5.34. The predicted molar refractivity (Wildman–Crippen MR) is 61.2 cm³/mol. The summed E-state index contributed by atoms with van der Waals surface area (Å²) in [5, 5.41) is 4.29. The van der Waals surface area contributed by atoms with Gasteiger partial charge in [-0.3, -0.25) is 0 Å². The van der Waals surface area contributed by atoms with Gasteiger partial charge in [0.1, 0.15) is 0 Å². The molecule has 0 aliphatic carbocycles. The van der Waals surface area contributed by atoms with Gasteiger partial charge in [-0.15, -0.1) is 0 Å². The van der Waals surface area contributed by atoms with Gasteiger partial charge in [0.05, 0.1) is 0 Å². The largest absolute Gasteiger partial charge is 0.330 e. The summed E-state index contributed by atoms with van der Waals surface area (Å²) in [6.07, 6.45) is 5.28. The van der Waals surface area contributed by atoms with E-state index in [1.54, 1.807) is 0 Å². The topological polar surface area (TPSA) is 38.0 Å². The fourth-order valence-electron chi connectivity index (χ4n) is 1.66. The smallest absolute Gasteiger partial charge is 0.0158 e. The second kappa shape index (κ2) is 6.68. The van der Waals surface area contributed by atoms with Gasteiger partial charge in [-0.1, -0.05) is 13.3 Å². The van der Waals surface area contributed by atoms with Crippen molar-refractivity contribution in [1.82, 2.24) is 5.32 Å². The molecular formula is C10H22N2S. The first-order valence-corrected chi connectivity index (χ1v) is 6.43. The SMILES string of the molecule is CC(CCN)SCC1CCCCN1. The van der Waals surface area contributed by atoms with Crippen molar-refractivity contribution in [3.8, 4) is 0 Å². The van der Waals surface area contributed by atoms with E-state index < -0.39 is 0 Å². The van der Waals surface area contributed by atoms with Gasteiger partial charge in [-0.25, -0.2) is 0 Å². The van der Waals surface area contributed by atoms with Crippen molar-refractivity contribution in [3.63, 3.8) is 0 Å². The number of hydrogen-bond acceptors (Lipinski definition) is 3. The Bertz CT molecular complexity index is 124. The number of nitrogens with two attached hydrogens (primary N) is 1. The van der Waals surface area contributed by atoms with Crippen LogP contribution in [-0.4, -0.2) is 30.1 Å². The maximum absolute atomic E-state index is 5.51. The molecule has 0 amide bonds. The van der Waals surface area contributed by atoms with Gasteiger partial charge in [0.25, 0.3) is 0 Å². The van der Waals surface area contributed by atoms with E-state index in [-0.39, 0.29) is 0 Å². The highest BCUT2D eigenvalue weighted by Gasteiger charge is 2.13. The van der Waals surface area contributed by atoms with Crippen molar-refractivity contribution in [1.29, 1.82) is 0 Å². The van der Waals surface area contributed by atoms with Gasteiger partial charge >= 0.3 is 0 Å². The zero-order chi connectivity index (χ0) is 9.52. The van der Waals surface area contributed by atoms with Crippen LogP contribution in [0.25, 0.3) is 0 Å². The average molecular weight is 202 g/mol. The van der Waals surface area contributed by atoms with Crippen LogP contribution in [0.1, 0.15) is 32.6 Å². The minimum Gasteiger partial charge on any atom is -0.330 e. The number of thioether (sulfide) groups is 1. The Morgan fingerprint density at radius 2 is 2.38 bits per heavy atom. The van der Waals surface area contributed by atoms with Gasteiger partial charge in [-0.2, -0.15) is 11.8 Å². The van der Waals surface area contributed by atoms with Crippen molar-refractivity contribution >= 4 is 11.8 Å². The van der Waals surface area contributed by atoms with Crippen LogP contribution in [0.3, 0.4) is 0 Å². The zero-order valence-electron chi connectivity index (χ0n) is 8.59. The third-order valence-electron chi connectivity index (χ3n) is 2.57. The summed E-state index contributed by atoms with van der Waals surface area (Å²) in [5.74, 6) is 1.27. The van der Waals surface area contributed by atoms with Gasteiger partial charge in [0.2, 0.25) is 0 Å². The maximum Gasteiger partial charge on any atom is 0.0158 e. The molecule has 0 aromatic heterocycles. The van der Waals surface area contributed by atoms with Crippen molar-refractivity contribution in [2.75, 3.05) is 18.8 Å². The van der Waals surface area contributed by atoms with E-state index >= 15 is 0 Å². The van der Waals surface area contributed by atoms with E-state index in [1.807, 2.05) is 0 Å². The molecule has 0 aromatic rings. The Labute approximate surface area is 86.0 Å². The number of hydrogen-bond donors (Lipinski definition) is 2. The van der Waals surface area contributed by atoms with E-state index in [1.165, 1.54) is 31.6 Å². The van der Waals surface area contributed by atoms with Gasteiger partial charge in [0.15, 0.2) is 0 Å². The van der Waals surface area contributed by atoms with Gasteiger partial charge in [0, 0.05) is 17.0 Å². The molecule has 0 spiro atoms. The molecule has 1 saturated heterocycles. The Kier molecular flexibility index (Phi) is 5.83. The van der Waals surface area contributed by atoms with Crippen LogP contribution < -0.4 is 11.1 Å². The van der Waals surface area contributed by atoms with Gasteiger partial charge < -0.3 is 11.1 Å². The number of nitrogens with one attached hydrogen (secondary N) is 1. The van der Waals surface area contributed by atoms with Crippen molar-refractivity contribution < 1.29 is 0 Å². The molecule has 0 radical (unpaired) electrons. The Balaban J connectivity index is 2.03. The highest BCUT2D eigenvalue weighted by Crippen LogP contribution is 2.18. The third-order valence-corrected chi connectivity index (χ3v) is 3.97. The summed E-state index contributed by atoms with van der Waals surface area (Å²) in [6, 6.07) is 0.763. The van der Waals surface area contributed by atoms with Crippen LogP contribution in [0.4, 0.5) is 0 Å². The summed E-state index contributed by atoms with van der Waals surface area (Å²) in [7, 11) is 0. The minimum absolute atomic E-state index is 0.730. The normalized spacial score (nSPS) is 25.8. The molecule has 2 atom stereocenters. The molecule has 1 rings (SSSR count). The molecule has 78 valence electrons. The van der Waals surface area contributed by atoms with Crippen molar-refractivity contribution in [2.45, 2.75) is 43.9 Å². The Hall–Kier alpha value is 0.270. The molecule has 0 bridgehead atoms. The second-order valence-electron chi connectivity index (χ2n) is 3.87. The monoisotopic (exact) mass is 202 g/mol. The first kappa shape index (κ1) is 11.3. The standard InChI is InChI=1S/C10H22N2S/c1-9(5-6-11)13-8-10-4-2-3-7-12-10/h9-10,12H,2-8,11H2,1H3. The molecule has 0 aromatic carbocycles. The van der Waals surface area contributed by atoms with Crippen LogP contribution in [0, 0.1) is 0 Å². The summed E-state index contributed by atoms with van der Waals surface area (Å²) in [4.78, 5) is 0. The molecule has 13 heavy (non-hydrogen) atoms. The molecule has 0 saturated carbocycles. The molecule has 3 N–H and O–H groups in total. The quantitative estimate of drug-likeness (QED) is 0.711. The lowest BCUT2D eigenvalue weighted by molar-refractivity contribution is 0.429. The maximum atomic E-state index is 5.51. The Morgan fingerprint density at radius 1 is 1.54 bits per heavy atom. The summed E-state index contributed by atoms with van der Waals surface area (Å²) in [6.45, 7) is 4.32. The number of rotatable bonds is 5. The zero-order valence-corrected chi connectivity index (χ0v) is 9.41. The van der Waals surface area contributed by atoms with E-state index in [0.717, 1.165) is 24.3 Å². The van der Waals surface area contributed by atoms with E-state index in [0.29, 0.717) is 0 Å². The highest BCUT2D eigenvalue weighted by atomic mass is 32.2. The first-order chi connectivity index (χ1) is 6.33. The molecule has 2 unspecified atom stereocenters. The van der Waals surface area contributed by atoms with Crippen LogP contribution in [0.2, 0.25) is 0 Å². The Morgan fingerprint density at radius 3 is 3.00 bits per heavy atom. The lowest BCUT2D eigenvalue weighted by Gasteiger charge is -2.24. The molecule has 3 heteroatoms. The van der Waals surface area contributed by atoms with Crippen LogP contribution in [-0.2, 0) is 0 Å². The summed E-state index contributed by atoms with van der Waals surface area (Å²) >= 11 is 2.06. The fourth-order valence-corrected chi connectivity index (χ4v) is 2.81. The van der Waals surface area contributed by atoms with Crippen LogP contribution in [0.15, 0.2) is 0 Å². The van der Waals surface area contributed by atoms with Crippen LogP contribution >= 0.6 is 11.8 Å². The molecule has 2 nitrogen and oxygen atoms in total. The predicted octanol–water partition coefficient (Wildman–Crippen LogP) is 1.60. The highest BCUT2D eigenvalue weighted by molar-refractivity contribution is 7.99. The number of piperidine rings is 1. The summed E-state index contributed by atoms with van der Waals surface area (Å²) in [5.41, 5.74) is 5.51. The molecule has 1 aliphatic heterocycles. The lowest BCUT2D eigenvalue weighted by Crippen LogP contribution is -2.36. The molecule has 1 aliphatic rings. The van der Waals surface area contributed by atoms with Crippen molar-refractivity contribution in [2.24, 2.45) is 5.73 Å². The lowest BCUT2D eigenvalue weighted by atomic mass is 10.1. The average Bonchev–Trinajstić information content (AvgIpc) is 2.17. The molecular weight excluding hydrogens is 180 g/mol. The third kappa shape index (κ3) is 4.89. The van der Waals surface area contributed by atoms with E-state index in [2.05, 4.69) is 24.0 Å².